The molecule has 8 heteroatoms. The van der Waals surface area contributed by atoms with Gasteiger partial charge in [-0.25, -0.2) is 4.79 Å². The first-order valence-electron chi connectivity index (χ1n) is 11.5. The van der Waals surface area contributed by atoms with Crippen molar-refractivity contribution in [3.63, 3.8) is 0 Å². The minimum Gasteiger partial charge on any atom is -0.460 e. The number of ether oxygens (including phenoxy) is 2. The lowest BCUT2D eigenvalue weighted by Gasteiger charge is -2.27. The van der Waals surface area contributed by atoms with Crippen molar-refractivity contribution in [2.24, 2.45) is 0 Å². The summed E-state index contributed by atoms with van der Waals surface area (Å²) in [5.41, 5.74) is 1.96. The van der Waals surface area contributed by atoms with E-state index in [1.807, 2.05) is 20.8 Å². The maximum atomic E-state index is 12.6. The maximum absolute atomic E-state index is 12.6. The van der Waals surface area contributed by atoms with Gasteiger partial charge in [-0.05, 0) is 77.6 Å². The topological polar surface area (TPSA) is 67.9 Å². The van der Waals surface area contributed by atoms with Gasteiger partial charge in [-0.3, -0.25) is 4.79 Å². The van der Waals surface area contributed by atoms with E-state index >= 15 is 0 Å². The van der Waals surface area contributed by atoms with Gasteiger partial charge in [-0.1, -0.05) is 13.0 Å². The molecule has 0 spiro atoms. The second kappa shape index (κ2) is 13.3. The molecule has 1 aromatic rings. The monoisotopic (exact) mass is 502 g/mol. The van der Waals surface area contributed by atoms with Crippen LogP contribution in [0, 0.1) is 0 Å². The summed E-state index contributed by atoms with van der Waals surface area (Å²) in [6.07, 6.45) is 0.769. The number of alkyl carbamates (subject to hydrolysis) is 1. The quantitative estimate of drug-likeness (QED) is 0.310. The van der Waals surface area contributed by atoms with E-state index in [0.29, 0.717) is 31.3 Å². The summed E-state index contributed by atoms with van der Waals surface area (Å²) in [4.78, 5) is 27.2. The third kappa shape index (κ3) is 11.9. The van der Waals surface area contributed by atoms with Gasteiger partial charge in [0.05, 0.1) is 6.42 Å². The number of hydrogen-bond donors (Lipinski definition) is 1. The Balaban J connectivity index is 3.20. The van der Waals surface area contributed by atoms with Gasteiger partial charge >= 0.3 is 12.1 Å². The Morgan fingerprint density at radius 3 is 2.03 bits per heavy atom. The molecule has 1 rings (SSSR count). The second-order valence-corrected chi connectivity index (χ2v) is 10.8. The van der Waals surface area contributed by atoms with Crippen LogP contribution < -0.4 is 10.2 Å². The molecule has 0 aliphatic rings. The van der Waals surface area contributed by atoms with E-state index < -0.39 is 23.3 Å². The average molecular weight is 504 g/mol. The largest absolute Gasteiger partial charge is 0.460 e. The highest BCUT2D eigenvalue weighted by atomic mass is 35.5. The molecule has 0 radical (unpaired) electrons. The van der Waals surface area contributed by atoms with Crippen LogP contribution in [-0.4, -0.2) is 54.2 Å². The van der Waals surface area contributed by atoms with E-state index in [1.54, 1.807) is 20.8 Å². The van der Waals surface area contributed by atoms with Crippen molar-refractivity contribution < 1.29 is 19.1 Å². The van der Waals surface area contributed by atoms with Crippen molar-refractivity contribution in [3.05, 3.63) is 29.3 Å². The summed E-state index contributed by atoms with van der Waals surface area (Å²) in [5.74, 6) is 0.607. The Morgan fingerprint density at radius 2 is 1.55 bits per heavy atom. The van der Waals surface area contributed by atoms with Crippen molar-refractivity contribution in [1.82, 2.24) is 5.32 Å². The molecule has 188 valence electrons. The molecule has 0 aliphatic heterocycles. The zero-order chi connectivity index (χ0) is 25.2. The summed E-state index contributed by atoms with van der Waals surface area (Å²) in [6.45, 7) is 14.3. The molecular formula is C25H40Cl2N2O4. The lowest BCUT2D eigenvalue weighted by atomic mass is 9.96. The predicted octanol–water partition coefficient (Wildman–Crippen LogP) is 5.70. The summed E-state index contributed by atoms with van der Waals surface area (Å²) in [7, 11) is 0. The molecule has 0 aliphatic carbocycles. The van der Waals surface area contributed by atoms with Crippen LogP contribution in [0.15, 0.2) is 18.2 Å². The lowest BCUT2D eigenvalue weighted by Crippen LogP contribution is -2.42. The standard InChI is InChI=1S/C25H40Cl2N2O4/c1-8-18-9-10-21(29(13-11-26)14-12-27)16-19(18)15-20(17-22(30)32-24(2,3)4)28-23(31)33-25(5,6)7/h9-10,16,20H,8,11-15,17H2,1-7H3,(H,28,31)/t20-/m0/s1. The van der Waals surface area contributed by atoms with E-state index in [2.05, 4.69) is 35.3 Å². The average Bonchev–Trinajstić information content (AvgIpc) is 2.64. The SMILES string of the molecule is CCc1ccc(N(CCCl)CCCl)cc1C[C@@H](CC(=O)OC(C)(C)C)NC(=O)OC(C)(C)C. The Bertz CT molecular complexity index is 737. The molecule has 0 saturated carbocycles. The van der Waals surface area contributed by atoms with Gasteiger partial charge in [0.25, 0.3) is 0 Å². The van der Waals surface area contributed by atoms with Crippen molar-refractivity contribution in [3.8, 4) is 0 Å². The molecular weight excluding hydrogens is 463 g/mol. The second-order valence-electron chi connectivity index (χ2n) is 10.0. The minimum atomic E-state index is -0.640. The Labute approximate surface area is 209 Å². The fourth-order valence-corrected chi connectivity index (χ4v) is 3.82. The highest BCUT2D eigenvalue weighted by Crippen LogP contribution is 2.23. The first-order valence-corrected chi connectivity index (χ1v) is 12.5. The maximum Gasteiger partial charge on any atom is 0.407 e. The van der Waals surface area contributed by atoms with Gasteiger partial charge < -0.3 is 19.7 Å². The van der Waals surface area contributed by atoms with E-state index in [4.69, 9.17) is 32.7 Å². The first-order chi connectivity index (χ1) is 15.3. The number of nitrogens with one attached hydrogen (secondary N) is 1. The van der Waals surface area contributed by atoms with Gasteiger partial charge in [0.15, 0.2) is 0 Å². The van der Waals surface area contributed by atoms with Crippen molar-refractivity contribution in [2.75, 3.05) is 29.7 Å². The van der Waals surface area contributed by atoms with Crippen molar-refractivity contribution in [2.45, 2.75) is 85.0 Å². The fourth-order valence-electron chi connectivity index (χ4n) is 3.42. The Hall–Kier alpha value is -1.66. The highest BCUT2D eigenvalue weighted by molar-refractivity contribution is 6.18. The smallest absolute Gasteiger partial charge is 0.407 e. The van der Waals surface area contributed by atoms with E-state index in [-0.39, 0.29) is 12.4 Å². The number of halogens is 2. The molecule has 0 aromatic heterocycles. The molecule has 1 aromatic carbocycles. The van der Waals surface area contributed by atoms with Crippen molar-refractivity contribution in [1.29, 1.82) is 0 Å². The number of carbonyl (C=O) groups excluding carboxylic acids is 2. The number of amides is 1. The summed E-state index contributed by atoms with van der Waals surface area (Å²) in [5, 5.41) is 2.87. The van der Waals surface area contributed by atoms with Crippen LogP contribution in [-0.2, 0) is 27.1 Å². The first kappa shape index (κ1) is 29.4. The van der Waals surface area contributed by atoms with Crippen LogP contribution in [0.2, 0.25) is 0 Å². The minimum absolute atomic E-state index is 0.0387. The van der Waals surface area contributed by atoms with Crippen LogP contribution in [0.4, 0.5) is 10.5 Å². The fraction of sp³-hybridized carbons (Fsp3) is 0.680. The zero-order valence-corrected chi connectivity index (χ0v) is 22.6. The molecule has 6 nitrogen and oxygen atoms in total. The third-order valence-corrected chi connectivity index (χ3v) is 5.00. The molecule has 1 N–H and O–H groups in total. The van der Waals surface area contributed by atoms with Gasteiger partial charge in [0.1, 0.15) is 11.2 Å². The highest BCUT2D eigenvalue weighted by Gasteiger charge is 2.25. The molecule has 1 atom stereocenters. The summed E-state index contributed by atoms with van der Waals surface area (Å²) >= 11 is 12.0. The number of benzene rings is 1. The Kier molecular flexibility index (Phi) is 11.8. The molecule has 0 bridgehead atoms. The molecule has 0 saturated heterocycles. The van der Waals surface area contributed by atoms with Gasteiger partial charge in [0.2, 0.25) is 0 Å². The number of hydrogen-bond acceptors (Lipinski definition) is 5. The third-order valence-electron chi connectivity index (χ3n) is 4.67. The van der Waals surface area contributed by atoms with E-state index in [9.17, 15) is 9.59 Å². The number of alkyl halides is 2. The van der Waals surface area contributed by atoms with Crippen LogP contribution in [0.5, 0.6) is 0 Å². The van der Waals surface area contributed by atoms with Crippen LogP contribution in [0.1, 0.15) is 66.0 Å². The summed E-state index contributed by atoms with van der Waals surface area (Å²) in [6, 6.07) is 5.75. The van der Waals surface area contributed by atoms with E-state index in [1.165, 1.54) is 0 Å². The zero-order valence-electron chi connectivity index (χ0n) is 21.1. The number of nitrogens with zero attached hydrogens (tertiary/aromatic N) is 1. The Morgan fingerprint density at radius 1 is 0.970 bits per heavy atom. The molecule has 0 fully saturated rings. The number of esters is 1. The van der Waals surface area contributed by atoms with Crippen LogP contribution >= 0.6 is 23.2 Å². The molecule has 0 heterocycles. The summed E-state index contributed by atoms with van der Waals surface area (Å²) < 4.78 is 10.9. The number of rotatable bonds is 11. The number of anilines is 1. The number of aryl methyl sites for hydroxylation is 1. The van der Waals surface area contributed by atoms with Gasteiger partial charge in [-0.15, -0.1) is 23.2 Å². The van der Waals surface area contributed by atoms with Gasteiger partial charge in [0, 0.05) is 36.6 Å². The molecule has 1 amide bonds. The van der Waals surface area contributed by atoms with Gasteiger partial charge in [-0.2, -0.15) is 0 Å². The molecule has 33 heavy (non-hydrogen) atoms. The normalized spacial score (nSPS) is 12.8. The van der Waals surface area contributed by atoms with E-state index in [0.717, 1.165) is 23.2 Å². The number of carbonyl (C=O) groups is 2. The van der Waals surface area contributed by atoms with Crippen molar-refractivity contribution >= 4 is 41.0 Å². The molecule has 0 unspecified atom stereocenters. The van der Waals surface area contributed by atoms with Crippen LogP contribution in [0.3, 0.4) is 0 Å². The lowest BCUT2D eigenvalue weighted by molar-refractivity contribution is -0.155. The predicted molar refractivity (Wildman–Crippen MR) is 137 cm³/mol. The van der Waals surface area contributed by atoms with Crippen LogP contribution in [0.25, 0.3) is 0 Å².